The molecule has 0 amide bonds. The summed E-state index contributed by atoms with van der Waals surface area (Å²) in [7, 11) is 0. The Bertz CT molecular complexity index is 1880. The second-order valence-electron chi connectivity index (χ2n) is 13.7. The lowest BCUT2D eigenvalue weighted by atomic mass is 9.78. The molecule has 0 unspecified atom stereocenters. The van der Waals surface area contributed by atoms with Crippen LogP contribution in [-0.4, -0.2) is 23.5 Å². The van der Waals surface area contributed by atoms with Gasteiger partial charge in [0.2, 0.25) is 0 Å². The molecule has 1 heterocycles. The number of hydrogen-bond donors (Lipinski definition) is 0. The largest absolute Gasteiger partial charge is 0.509 e. The third-order valence-electron chi connectivity index (χ3n) is 7.65. The van der Waals surface area contributed by atoms with Gasteiger partial charge in [0.1, 0.15) is 35.9 Å². The summed E-state index contributed by atoms with van der Waals surface area (Å²) >= 11 is 2.35. The van der Waals surface area contributed by atoms with Crippen LogP contribution in [0.15, 0.2) is 84.9 Å². The summed E-state index contributed by atoms with van der Waals surface area (Å²) in [5, 5.41) is 4.09. The summed E-state index contributed by atoms with van der Waals surface area (Å²) in [6.45, 7) is 11.0. The SMILES string of the molecule is CC(C)(C)OC(=O)OCc1ccc2ccc3c(c2c1)C(c1cccc(I)c1)c1c(ccc2ccc(COC(=O)OC(C)(C)C)cc12)O3. The average Bonchev–Trinajstić information content (AvgIpc) is 2.99. The third kappa shape index (κ3) is 7.48. The van der Waals surface area contributed by atoms with Crippen molar-refractivity contribution in [3.05, 3.63) is 116 Å². The Kier molecular flexibility index (Phi) is 8.82. The first-order valence-electron chi connectivity index (χ1n) is 15.5. The molecule has 0 saturated heterocycles. The second kappa shape index (κ2) is 12.7. The van der Waals surface area contributed by atoms with Gasteiger partial charge in [0.25, 0.3) is 0 Å². The first-order chi connectivity index (χ1) is 22.2. The van der Waals surface area contributed by atoms with Crippen molar-refractivity contribution in [3.8, 4) is 11.5 Å². The number of ether oxygens (including phenoxy) is 5. The van der Waals surface area contributed by atoms with Gasteiger partial charge < -0.3 is 23.7 Å². The van der Waals surface area contributed by atoms with E-state index in [2.05, 4.69) is 71.1 Å². The van der Waals surface area contributed by atoms with Gasteiger partial charge in [0.15, 0.2) is 0 Å². The van der Waals surface area contributed by atoms with E-state index < -0.39 is 23.5 Å². The van der Waals surface area contributed by atoms with E-state index in [4.69, 9.17) is 23.7 Å². The molecular weight excluding hydrogens is 707 g/mol. The number of fused-ring (bicyclic) bond motifs is 6. The fourth-order valence-corrected chi connectivity index (χ4v) is 6.39. The van der Waals surface area contributed by atoms with Gasteiger partial charge in [-0.25, -0.2) is 9.59 Å². The molecule has 0 radical (unpaired) electrons. The third-order valence-corrected chi connectivity index (χ3v) is 8.32. The lowest BCUT2D eigenvalue weighted by Gasteiger charge is -2.31. The zero-order valence-corrected chi connectivity index (χ0v) is 29.5. The molecule has 0 spiro atoms. The zero-order chi connectivity index (χ0) is 33.5. The van der Waals surface area contributed by atoms with Crippen molar-refractivity contribution < 1.29 is 33.3 Å². The Hall–Kier alpha value is -4.31. The summed E-state index contributed by atoms with van der Waals surface area (Å²) in [5.74, 6) is 1.35. The molecule has 1 aliphatic rings. The van der Waals surface area contributed by atoms with E-state index in [1.807, 2.05) is 36.4 Å². The number of carbonyl (C=O) groups is 2. The maximum atomic E-state index is 12.3. The molecular formula is C39H37IO7. The van der Waals surface area contributed by atoms with Gasteiger partial charge in [-0.2, -0.15) is 0 Å². The molecule has 0 N–H and O–H groups in total. The Labute approximate surface area is 288 Å². The van der Waals surface area contributed by atoms with E-state index >= 15 is 0 Å². The zero-order valence-electron chi connectivity index (χ0n) is 27.3. The topological polar surface area (TPSA) is 80.3 Å². The van der Waals surface area contributed by atoms with Gasteiger partial charge in [-0.1, -0.05) is 48.5 Å². The van der Waals surface area contributed by atoms with E-state index in [0.29, 0.717) is 0 Å². The van der Waals surface area contributed by atoms with Gasteiger partial charge in [-0.15, -0.1) is 0 Å². The highest BCUT2D eigenvalue weighted by Gasteiger charge is 2.32. The Morgan fingerprint density at radius 2 is 1.13 bits per heavy atom. The quantitative estimate of drug-likeness (QED) is 0.128. The van der Waals surface area contributed by atoms with Crippen LogP contribution in [0.25, 0.3) is 21.5 Å². The summed E-state index contributed by atoms with van der Waals surface area (Å²) in [6, 6.07) is 28.8. The highest BCUT2D eigenvalue weighted by Crippen LogP contribution is 2.52. The van der Waals surface area contributed by atoms with Crippen molar-refractivity contribution in [2.45, 2.75) is 71.9 Å². The molecule has 5 aromatic carbocycles. The van der Waals surface area contributed by atoms with Gasteiger partial charge in [-0.3, -0.25) is 0 Å². The van der Waals surface area contributed by atoms with Gasteiger partial charge in [0, 0.05) is 20.6 Å². The molecule has 7 nitrogen and oxygen atoms in total. The summed E-state index contributed by atoms with van der Waals surface area (Å²) in [6.07, 6.45) is -1.42. The number of hydrogen-bond acceptors (Lipinski definition) is 7. The van der Waals surface area contributed by atoms with E-state index in [1.54, 1.807) is 41.5 Å². The fourth-order valence-electron chi connectivity index (χ4n) is 5.82. The van der Waals surface area contributed by atoms with Crippen molar-refractivity contribution >= 4 is 56.4 Å². The minimum absolute atomic E-state index is 0.0732. The van der Waals surface area contributed by atoms with Gasteiger partial charge >= 0.3 is 12.3 Å². The number of carbonyl (C=O) groups excluding carboxylic acids is 2. The molecule has 8 heteroatoms. The molecule has 0 fully saturated rings. The maximum Gasteiger partial charge on any atom is 0.509 e. The molecule has 0 saturated carbocycles. The van der Waals surface area contributed by atoms with Crippen molar-refractivity contribution in [3.63, 3.8) is 0 Å². The number of halogens is 1. The lowest BCUT2D eigenvalue weighted by molar-refractivity contribution is -0.0119. The monoisotopic (exact) mass is 744 g/mol. The maximum absolute atomic E-state index is 12.3. The smallest absolute Gasteiger partial charge is 0.457 e. The highest BCUT2D eigenvalue weighted by molar-refractivity contribution is 14.1. The van der Waals surface area contributed by atoms with Crippen LogP contribution in [-0.2, 0) is 32.2 Å². The molecule has 1 aliphatic heterocycles. The minimum Gasteiger partial charge on any atom is -0.457 e. The van der Waals surface area contributed by atoms with Crippen molar-refractivity contribution in [1.82, 2.24) is 0 Å². The predicted octanol–water partition coefficient (Wildman–Crippen LogP) is 10.8. The van der Waals surface area contributed by atoms with Crippen LogP contribution in [0.3, 0.4) is 0 Å². The van der Waals surface area contributed by atoms with Crippen molar-refractivity contribution in [1.29, 1.82) is 0 Å². The summed E-state index contributed by atoms with van der Waals surface area (Å²) < 4.78 is 29.4. The molecule has 0 bridgehead atoms. The first kappa shape index (κ1) is 32.6. The van der Waals surface area contributed by atoms with E-state index in [9.17, 15) is 9.59 Å². The molecule has 0 atom stereocenters. The molecule has 0 aliphatic carbocycles. The standard InChI is InChI=1S/C39H37IO7/c1-38(2,3)46-36(41)43-21-23-10-12-25-14-16-31-34(29(25)18-23)33(27-8-7-9-28(40)20-27)35-30-19-24(22-44-37(42)47-39(4,5)6)11-13-26(30)15-17-32(35)45-31/h7-20,33H,21-22H2,1-6H3. The van der Waals surface area contributed by atoms with Crippen LogP contribution in [0.4, 0.5) is 9.59 Å². The molecule has 5 aromatic rings. The normalized spacial score (nSPS) is 13.0. The van der Waals surface area contributed by atoms with Crippen LogP contribution in [0.5, 0.6) is 11.5 Å². The van der Waals surface area contributed by atoms with Crippen molar-refractivity contribution in [2.24, 2.45) is 0 Å². The number of benzene rings is 5. The number of rotatable bonds is 5. The van der Waals surface area contributed by atoms with Crippen LogP contribution in [0.1, 0.15) is 75.3 Å². The Morgan fingerprint density at radius 3 is 1.57 bits per heavy atom. The highest BCUT2D eigenvalue weighted by atomic mass is 127. The van der Waals surface area contributed by atoms with Gasteiger partial charge in [-0.05, 0) is 139 Å². The van der Waals surface area contributed by atoms with E-state index in [1.165, 1.54) is 0 Å². The van der Waals surface area contributed by atoms with Crippen LogP contribution in [0, 0.1) is 3.57 Å². The van der Waals surface area contributed by atoms with Crippen molar-refractivity contribution in [2.75, 3.05) is 0 Å². The first-order valence-corrected chi connectivity index (χ1v) is 16.6. The summed E-state index contributed by atoms with van der Waals surface area (Å²) in [5.41, 5.74) is 3.56. The lowest BCUT2D eigenvalue weighted by Crippen LogP contribution is -2.24. The molecule has 6 rings (SSSR count). The van der Waals surface area contributed by atoms with Crippen LogP contribution in [0.2, 0.25) is 0 Å². The van der Waals surface area contributed by atoms with Gasteiger partial charge in [0.05, 0.1) is 0 Å². The fraction of sp³-hybridized carbons (Fsp3) is 0.282. The second-order valence-corrected chi connectivity index (χ2v) is 14.9. The van der Waals surface area contributed by atoms with E-state index in [-0.39, 0.29) is 19.1 Å². The van der Waals surface area contributed by atoms with Crippen LogP contribution < -0.4 is 4.74 Å². The average molecular weight is 745 g/mol. The predicted molar refractivity (Wildman–Crippen MR) is 190 cm³/mol. The minimum atomic E-state index is -0.709. The molecule has 0 aromatic heterocycles. The summed E-state index contributed by atoms with van der Waals surface area (Å²) in [4.78, 5) is 24.7. The van der Waals surface area contributed by atoms with Crippen LogP contribution >= 0.6 is 22.6 Å². The van der Waals surface area contributed by atoms with E-state index in [0.717, 1.165) is 64.4 Å². The molecule has 242 valence electrons. The Morgan fingerprint density at radius 1 is 0.660 bits per heavy atom. The molecule has 47 heavy (non-hydrogen) atoms. The Balaban J connectivity index is 1.46.